The number of piperidine rings is 1. The summed E-state index contributed by atoms with van der Waals surface area (Å²) in [5, 5.41) is 14.1. The lowest BCUT2D eigenvalue weighted by molar-refractivity contribution is 0.0765. The molecule has 1 amide bonds. The quantitative estimate of drug-likeness (QED) is 0.572. The van der Waals surface area contributed by atoms with Gasteiger partial charge in [-0.05, 0) is 25.0 Å². The summed E-state index contributed by atoms with van der Waals surface area (Å²) in [5.41, 5.74) is 1.12. The van der Waals surface area contributed by atoms with E-state index in [0.717, 1.165) is 31.7 Å². The molecule has 2 aromatic rings. The molecule has 0 N–H and O–H groups in total. The van der Waals surface area contributed by atoms with Crippen LogP contribution in [0.2, 0.25) is 0 Å². The minimum absolute atomic E-state index is 0.00212. The maximum atomic E-state index is 12.5. The van der Waals surface area contributed by atoms with Crippen molar-refractivity contribution in [2.24, 2.45) is 13.0 Å². The normalized spacial score (nSPS) is 14.8. The fourth-order valence-corrected chi connectivity index (χ4v) is 3.66. The standard InChI is InChI=1S/C18H23N7OS/c1-23(17(26)15-10-21-24(2)12-15)11-13-4-6-25(7-5-13)16-14(8-19)9-20-18(22-16)27-3/h9-10,12-13H,4-7,11H2,1-3H3. The number of carbonyl (C=O) groups excluding carboxylic acids is 1. The first-order chi connectivity index (χ1) is 13.0. The third kappa shape index (κ3) is 4.39. The molecule has 27 heavy (non-hydrogen) atoms. The largest absolute Gasteiger partial charge is 0.355 e. The van der Waals surface area contributed by atoms with Crippen molar-refractivity contribution in [1.82, 2.24) is 24.6 Å². The number of aryl methyl sites for hydroxylation is 1. The molecule has 0 aromatic carbocycles. The molecule has 142 valence electrons. The second-order valence-electron chi connectivity index (χ2n) is 6.72. The van der Waals surface area contributed by atoms with E-state index in [9.17, 15) is 10.1 Å². The topological polar surface area (TPSA) is 90.9 Å². The number of hydrogen-bond donors (Lipinski definition) is 0. The van der Waals surface area contributed by atoms with Gasteiger partial charge in [-0.2, -0.15) is 10.4 Å². The number of thioether (sulfide) groups is 1. The number of anilines is 1. The molecular formula is C18H23N7OS. The second-order valence-corrected chi connectivity index (χ2v) is 7.50. The fraction of sp³-hybridized carbons (Fsp3) is 0.500. The van der Waals surface area contributed by atoms with E-state index in [2.05, 4.69) is 26.0 Å². The smallest absolute Gasteiger partial charge is 0.256 e. The van der Waals surface area contributed by atoms with Crippen LogP contribution in [0.15, 0.2) is 23.7 Å². The Labute approximate surface area is 163 Å². The first kappa shape index (κ1) is 19.2. The van der Waals surface area contributed by atoms with Gasteiger partial charge in [-0.1, -0.05) is 11.8 Å². The first-order valence-corrected chi connectivity index (χ1v) is 10.0. The zero-order valence-corrected chi connectivity index (χ0v) is 16.6. The van der Waals surface area contributed by atoms with Crippen molar-refractivity contribution < 1.29 is 4.79 Å². The van der Waals surface area contributed by atoms with Crippen molar-refractivity contribution in [3.8, 4) is 6.07 Å². The Kier molecular flexibility index (Phi) is 5.96. The van der Waals surface area contributed by atoms with Crippen LogP contribution in [0.1, 0.15) is 28.8 Å². The Morgan fingerprint density at radius 2 is 2.15 bits per heavy atom. The van der Waals surface area contributed by atoms with Gasteiger partial charge in [-0.3, -0.25) is 9.48 Å². The van der Waals surface area contributed by atoms with E-state index in [1.54, 1.807) is 35.2 Å². The summed E-state index contributed by atoms with van der Waals surface area (Å²) in [7, 11) is 3.64. The average molecular weight is 385 g/mol. The van der Waals surface area contributed by atoms with Gasteiger partial charge in [-0.25, -0.2) is 9.97 Å². The van der Waals surface area contributed by atoms with E-state index >= 15 is 0 Å². The van der Waals surface area contributed by atoms with Crippen LogP contribution in [0.25, 0.3) is 0 Å². The second kappa shape index (κ2) is 8.39. The van der Waals surface area contributed by atoms with Gasteiger partial charge >= 0.3 is 0 Å². The number of carbonyl (C=O) groups is 1. The highest BCUT2D eigenvalue weighted by molar-refractivity contribution is 7.98. The Morgan fingerprint density at radius 1 is 1.41 bits per heavy atom. The molecule has 0 unspecified atom stereocenters. The molecule has 1 fully saturated rings. The molecule has 1 saturated heterocycles. The van der Waals surface area contributed by atoms with Crippen molar-refractivity contribution in [3.63, 3.8) is 0 Å². The van der Waals surface area contributed by atoms with E-state index < -0.39 is 0 Å². The van der Waals surface area contributed by atoms with Crippen LogP contribution in [0.3, 0.4) is 0 Å². The SMILES string of the molecule is CSc1ncc(C#N)c(N2CCC(CN(C)C(=O)c3cnn(C)c3)CC2)n1. The Bertz CT molecular complexity index is 852. The van der Waals surface area contributed by atoms with Crippen LogP contribution >= 0.6 is 11.8 Å². The van der Waals surface area contributed by atoms with E-state index in [0.29, 0.717) is 28.7 Å². The summed E-state index contributed by atoms with van der Waals surface area (Å²) in [5.74, 6) is 1.15. The van der Waals surface area contributed by atoms with Crippen molar-refractivity contribution in [2.75, 3.05) is 37.8 Å². The summed E-state index contributed by atoms with van der Waals surface area (Å²) in [6.07, 6.45) is 8.77. The van der Waals surface area contributed by atoms with E-state index in [-0.39, 0.29) is 5.91 Å². The van der Waals surface area contributed by atoms with Crippen LogP contribution in [0.4, 0.5) is 5.82 Å². The monoisotopic (exact) mass is 385 g/mol. The molecule has 0 radical (unpaired) electrons. The summed E-state index contributed by atoms with van der Waals surface area (Å²) in [6.45, 7) is 2.35. The molecule has 0 bridgehead atoms. The van der Waals surface area contributed by atoms with Gasteiger partial charge in [0.15, 0.2) is 11.0 Å². The summed E-state index contributed by atoms with van der Waals surface area (Å²) in [6, 6.07) is 2.19. The highest BCUT2D eigenvalue weighted by Crippen LogP contribution is 2.26. The molecule has 3 rings (SSSR count). The Hall–Kier alpha value is -2.60. The molecular weight excluding hydrogens is 362 g/mol. The van der Waals surface area contributed by atoms with E-state index in [1.807, 2.05) is 13.3 Å². The van der Waals surface area contributed by atoms with Gasteiger partial charge in [0, 0.05) is 39.9 Å². The zero-order valence-electron chi connectivity index (χ0n) is 15.8. The lowest BCUT2D eigenvalue weighted by Crippen LogP contribution is -2.40. The van der Waals surface area contributed by atoms with Gasteiger partial charge in [0.1, 0.15) is 11.6 Å². The number of aromatic nitrogens is 4. The third-order valence-corrected chi connectivity index (χ3v) is 5.36. The lowest BCUT2D eigenvalue weighted by Gasteiger charge is -2.34. The molecule has 2 aromatic heterocycles. The minimum Gasteiger partial charge on any atom is -0.355 e. The number of hydrogen-bond acceptors (Lipinski definition) is 7. The molecule has 1 aliphatic heterocycles. The maximum absolute atomic E-state index is 12.5. The Balaban J connectivity index is 1.59. The molecule has 0 atom stereocenters. The van der Waals surface area contributed by atoms with E-state index in [1.165, 1.54) is 11.8 Å². The minimum atomic E-state index is -0.00212. The number of rotatable bonds is 5. The number of nitriles is 1. The lowest BCUT2D eigenvalue weighted by atomic mass is 9.96. The zero-order chi connectivity index (χ0) is 19.4. The average Bonchev–Trinajstić information content (AvgIpc) is 3.13. The molecule has 0 aliphatic carbocycles. The van der Waals surface area contributed by atoms with Gasteiger partial charge < -0.3 is 9.80 Å². The molecule has 0 spiro atoms. The van der Waals surface area contributed by atoms with E-state index in [4.69, 9.17) is 0 Å². The van der Waals surface area contributed by atoms with Gasteiger partial charge in [0.05, 0.1) is 18.0 Å². The molecule has 8 nitrogen and oxygen atoms in total. The molecule has 0 saturated carbocycles. The van der Waals surface area contributed by atoms with Gasteiger partial charge in [0.25, 0.3) is 5.91 Å². The predicted molar refractivity (Wildman–Crippen MR) is 104 cm³/mol. The fourth-order valence-electron chi connectivity index (χ4n) is 3.33. The van der Waals surface area contributed by atoms with Crippen molar-refractivity contribution >= 4 is 23.5 Å². The van der Waals surface area contributed by atoms with Crippen LogP contribution in [-0.2, 0) is 7.05 Å². The van der Waals surface area contributed by atoms with Crippen LogP contribution in [0.5, 0.6) is 0 Å². The summed E-state index contributed by atoms with van der Waals surface area (Å²) < 4.78 is 1.64. The van der Waals surface area contributed by atoms with Crippen molar-refractivity contribution in [1.29, 1.82) is 5.26 Å². The predicted octanol–water partition coefficient (Wildman–Crippen LogP) is 1.79. The number of amides is 1. The van der Waals surface area contributed by atoms with Crippen LogP contribution < -0.4 is 4.90 Å². The van der Waals surface area contributed by atoms with Gasteiger partial charge in [0.2, 0.25) is 0 Å². The van der Waals surface area contributed by atoms with Crippen molar-refractivity contribution in [2.45, 2.75) is 18.0 Å². The highest BCUT2D eigenvalue weighted by atomic mass is 32.2. The maximum Gasteiger partial charge on any atom is 0.256 e. The first-order valence-electron chi connectivity index (χ1n) is 8.82. The van der Waals surface area contributed by atoms with Gasteiger partial charge in [-0.15, -0.1) is 0 Å². The van der Waals surface area contributed by atoms with Crippen LogP contribution in [-0.4, -0.2) is 63.5 Å². The third-order valence-electron chi connectivity index (χ3n) is 4.79. The Morgan fingerprint density at radius 3 is 2.74 bits per heavy atom. The highest BCUT2D eigenvalue weighted by Gasteiger charge is 2.25. The summed E-state index contributed by atoms with van der Waals surface area (Å²) in [4.78, 5) is 25.1. The van der Waals surface area contributed by atoms with Crippen molar-refractivity contribution in [3.05, 3.63) is 29.7 Å². The molecule has 3 heterocycles. The molecule has 9 heteroatoms. The number of nitrogens with zero attached hydrogens (tertiary/aromatic N) is 7. The van der Waals surface area contributed by atoms with Crippen LogP contribution in [0, 0.1) is 17.2 Å². The summed E-state index contributed by atoms with van der Waals surface area (Å²) >= 11 is 1.47. The molecule has 1 aliphatic rings.